The predicted molar refractivity (Wildman–Crippen MR) is 127 cm³/mol. The maximum absolute atomic E-state index is 13.9. The second kappa shape index (κ2) is 9.07. The number of carbonyl (C=O) groups is 2. The van der Waals surface area contributed by atoms with Crippen molar-refractivity contribution in [2.75, 3.05) is 9.62 Å². The molecule has 170 valence electrons. The van der Waals surface area contributed by atoms with Gasteiger partial charge in [-0.05, 0) is 48.7 Å². The number of sulfonamides is 1. The van der Waals surface area contributed by atoms with Crippen molar-refractivity contribution in [3.8, 4) is 0 Å². The number of nitrogens with one attached hydrogen (secondary N) is 2. The fourth-order valence-electron chi connectivity index (χ4n) is 3.87. The lowest BCUT2D eigenvalue weighted by molar-refractivity contribution is -0.125. The van der Waals surface area contributed by atoms with Crippen LogP contribution in [0.5, 0.6) is 0 Å². The van der Waals surface area contributed by atoms with Crippen molar-refractivity contribution in [3.63, 3.8) is 0 Å². The number of anilines is 2. The number of hydrogen-bond acceptors (Lipinski definition) is 4. The molecule has 1 aliphatic heterocycles. The molecule has 2 amide bonds. The van der Waals surface area contributed by atoms with E-state index in [4.69, 9.17) is 0 Å². The van der Waals surface area contributed by atoms with E-state index >= 15 is 0 Å². The average molecular weight is 464 g/mol. The third-order valence-electron chi connectivity index (χ3n) is 5.58. The maximum atomic E-state index is 13.9. The predicted octanol–water partition coefficient (Wildman–Crippen LogP) is 3.53. The molecule has 0 bridgehead atoms. The van der Waals surface area contributed by atoms with Gasteiger partial charge in [0.05, 0.1) is 22.7 Å². The monoisotopic (exact) mass is 463 g/mol. The summed E-state index contributed by atoms with van der Waals surface area (Å²) in [6.07, 6.45) is -0.308. The first-order valence-corrected chi connectivity index (χ1v) is 12.0. The molecule has 0 aliphatic carbocycles. The Kier molecular flexibility index (Phi) is 6.20. The van der Waals surface area contributed by atoms with E-state index in [9.17, 15) is 18.0 Å². The quantitative estimate of drug-likeness (QED) is 0.585. The molecule has 1 aliphatic rings. The summed E-state index contributed by atoms with van der Waals surface area (Å²) in [5.74, 6) is -0.961. The van der Waals surface area contributed by atoms with Crippen molar-refractivity contribution in [2.24, 2.45) is 0 Å². The largest absolute Gasteiger partial charge is 0.352 e. The van der Waals surface area contributed by atoms with Crippen LogP contribution in [0.25, 0.3) is 0 Å². The normalized spacial score (nSPS) is 15.5. The molecule has 2 N–H and O–H groups in total. The minimum atomic E-state index is -4.13. The molecule has 0 aromatic heterocycles. The number of aryl methyl sites for hydroxylation is 2. The Balaban J connectivity index is 1.70. The molecule has 3 aromatic carbocycles. The summed E-state index contributed by atoms with van der Waals surface area (Å²) in [7, 11) is -4.13. The Hall–Kier alpha value is -3.65. The highest BCUT2D eigenvalue weighted by atomic mass is 32.2. The summed E-state index contributed by atoms with van der Waals surface area (Å²) in [5.41, 5.74) is 2.97. The number of rotatable bonds is 6. The van der Waals surface area contributed by atoms with E-state index in [2.05, 4.69) is 10.6 Å². The highest BCUT2D eigenvalue weighted by Gasteiger charge is 2.42. The van der Waals surface area contributed by atoms with Crippen LogP contribution in [0.15, 0.2) is 77.7 Å². The van der Waals surface area contributed by atoms with Gasteiger partial charge in [-0.15, -0.1) is 0 Å². The number of amides is 2. The fraction of sp³-hybridized carbons (Fsp3) is 0.200. The summed E-state index contributed by atoms with van der Waals surface area (Å²) in [6, 6.07) is 20.0. The van der Waals surface area contributed by atoms with E-state index in [1.807, 2.05) is 43.3 Å². The van der Waals surface area contributed by atoms with Gasteiger partial charge in [0.25, 0.3) is 10.0 Å². The molecule has 0 saturated carbocycles. The molecule has 1 atom stereocenters. The zero-order valence-electron chi connectivity index (χ0n) is 18.4. The Labute approximate surface area is 193 Å². The molecule has 8 heteroatoms. The Morgan fingerprint density at radius 2 is 1.70 bits per heavy atom. The lowest BCUT2D eigenvalue weighted by atomic mass is 10.1. The molecular weight excluding hydrogens is 438 g/mol. The second-order valence-electron chi connectivity index (χ2n) is 8.06. The van der Waals surface area contributed by atoms with Gasteiger partial charge in [0, 0.05) is 6.54 Å². The smallest absolute Gasteiger partial charge is 0.265 e. The van der Waals surface area contributed by atoms with E-state index in [1.165, 1.54) is 0 Å². The minimum Gasteiger partial charge on any atom is -0.352 e. The highest BCUT2D eigenvalue weighted by molar-refractivity contribution is 7.93. The number of para-hydroxylation sites is 2. The maximum Gasteiger partial charge on any atom is 0.265 e. The van der Waals surface area contributed by atoms with Crippen LogP contribution in [0.2, 0.25) is 0 Å². The Morgan fingerprint density at radius 1 is 1.00 bits per heavy atom. The van der Waals surface area contributed by atoms with Crippen LogP contribution in [0, 0.1) is 13.8 Å². The van der Waals surface area contributed by atoms with Gasteiger partial charge in [0.1, 0.15) is 6.04 Å². The van der Waals surface area contributed by atoms with Gasteiger partial charge in [0.15, 0.2) is 0 Å². The van der Waals surface area contributed by atoms with Crippen molar-refractivity contribution < 1.29 is 18.0 Å². The highest BCUT2D eigenvalue weighted by Crippen LogP contribution is 2.37. The zero-order chi connectivity index (χ0) is 23.6. The summed E-state index contributed by atoms with van der Waals surface area (Å²) < 4.78 is 28.8. The van der Waals surface area contributed by atoms with Gasteiger partial charge in [-0.2, -0.15) is 0 Å². The number of carbonyl (C=O) groups excluding carboxylic acids is 2. The van der Waals surface area contributed by atoms with Crippen LogP contribution in [-0.4, -0.2) is 26.3 Å². The molecule has 0 saturated heterocycles. The summed E-state index contributed by atoms with van der Waals surface area (Å²) in [6.45, 7) is 3.81. The standard InChI is InChI=1S/C25H25N3O4S/c1-17-12-13-18(2)23(14-17)33(31,32)28-21-11-7-6-10-20(21)27-25(30)22(28)15-24(29)26-16-19-8-4-3-5-9-19/h3-14,22H,15-16H2,1-2H3,(H,26,29)(H,27,30). The van der Waals surface area contributed by atoms with E-state index in [0.29, 0.717) is 16.9 Å². The van der Waals surface area contributed by atoms with Crippen molar-refractivity contribution in [2.45, 2.75) is 37.8 Å². The first-order chi connectivity index (χ1) is 15.8. The van der Waals surface area contributed by atoms with Gasteiger partial charge in [-0.25, -0.2) is 8.42 Å². The van der Waals surface area contributed by atoms with Gasteiger partial charge < -0.3 is 10.6 Å². The zero-order valence-corrected chi connectivity index (χ0v) is 19.2. The summed E-state index contributed by atoms with van der Waals surface area (Å²) in [5, 5.41) is 5.53. The lowest BCUT2D eigenvalue weighted by Gasteiger charge is -2.37. The topological polar surface area (TPSA) is 95.6 Å². The average Bonchev–Trinajstić information content (AvgIpc) is 2.80. The first-order valence-electron chi connectivity index (χ1n) is 10.6. The molecule has 33 heavy (non-hydrogen) atoms. The van der Waals surface area contributed by atoms with Crippen LogP contribution in [0.3, 0.4) is 0 Å². The molecule has 0 fully saturated rings. The molecule has 1 unspecified atom stereocenters. The van der Waals surface area contributed by atoms with Crippen molar-refractivity contribution in [1.29, 1.82) is 0 Å². The van der Waals surface area contributed by atoms with E-state index in [0.717, 1.165) is 15.4 Å². The van der Waals surface area contributed by atoms with Gasteiger partial charge in [0.2, 0.25) is 11.8 Å². The van der Waals surface area contributed by atoms with E-state index < -0.39 is 27.9 Å². The first kappa shape index (κ1) is 22.5. The van der Waals surface area contributed by atoms with Crippen molar-refractivity contribution >= 4 is 33.2 Å². The lowest BCUT2D eigenvalue weighted by Crippen LogP contribution is -2.52. The van der Waals surface area contributed by atoms with Gasteiger partial charge in [-0.3, -0.25) is 13.9 Å². The van der Waals surface area contributed by atoms with Crippen LogP contribution in [-0.2, 0) is 26.2 Å². The third kappa shape index (κ3) is 4.61. The fourth-order valence-corrected chi connectivity index (χ4v) is 5.82. The number of fused-ring (bicyclic) bond motifs is 1. The summed E-state index contributed by atoms with van der Waals surface area (Å²) >= 11 is 0. The van der Waals surface area contributed by atoms with Crippen LogP contribution >= 0.6 is 0 Å². The molecule has 0 radical (unpaired) electrons. The second-order valence-corrected chi connectivity index (χ2v) is 9.84. The molecule has 1 heterocycles. The molecule has 7 nitrogen and oxygen atoms in total. The van der Waals surface area contributed by atoms with Crippen LogP contribution < -0.4 is 14.9 Å². The summed E-state index contributed by atoms with van der Waals surface area (Å²) in [4.78, 5) is 25.9. The minimum absolute atomic E-state index is 0.113. The third-order valence-corrected chi connectivity index (χ3v) is 7.54. The Bertz CT molecular complexity index is 1310. The molecule has 4 rings (SSSR count). The van der Waals surface area contributed by atoms with Gasteiger partial charge >= 0.3 is 0 Å². The van der Waals surface area contributed by atoms with Crippen molar-refractivity contribution in [3.05, 3.63) is 89.5 Å². The molecular formula is C25H25N3O4S. The van der Waals surface area contributed by atoms with E-state index in [-0.39, 0.29) is 17.9 Å². The number of hydrogen-bond donors (Lipinski definition) is 2. The van der Waals surface area contributed by atoms with Gasteiger partial charge in [-0.1, -0.05) is 54.6 Å². The SMILES string of the molecule is Cc1ccc(C)c(S(=O)(=O)N2c3ccccc3NC(=O)C2CC(=O)NCc2ccccc2)c1. The van der Waals surface area contributed by atoms with E-state index in [1.54, 1.807) is 43.3 Å². The van der Waals surface area contributed by atoms with Crippen molar-refractivity contribution in [1.82, 2.24) is 5.32 Å². The molecule has 3 aromatic rings. The van der Waals surface area contributed by atoms with Crippen LogP contribution in [0.4, 0.5) is 11.4 Å². The number of nitrogens with zero attached hydrogens (tertiary/aromatic N) is 1. The molecule has 0 spiro atoms. The number of benzene rings is 3. The Morgan fingerprint density at radius 3 is 2.45 bits per heavy atom. The van der Waals surface area contributed by atoms with Crippen LogP contribution in [0.1, 0.15) is 23.1 Å².